The highest BCUT2D eigenvalue weighted by Crippen LogP contribution is 2.28. The average Bonchev–Trinajstić information content (AvgIpc) is 2.36. The van der Waals surface area contributed by atoms with Crippen LogP contribution in [-0.2, 0) is 6.42 Å². The molecule has 2 nitrogen and oxygen atoms in total. The van der Waals surface area contributed by atoms with E-state index in [0.717, 1.165) is 19.5 Å². The number of nitriles is 1. The van der Waals surface area contributed by atoms with Crippen molar-refractivity contribution in [2.45, 2.75) is 33.1 Å². The Labute approximate surface area is 104 Å². The zero-order valence-electron chi connectivity index (χ0n) is 10.7. The van der Waals surface area contributed by atoms with Gasteiger partial charge in [-0.3, -0.25) is 0 Å². The molecule has 0 saturated heterocycles. The van der Waals surface area contributed by atoms with Gasteiger partial charge in [0.25, 0.3) is 0 Å². The zero-order valence-corrected chi connectivity index (χ0v) is 10.7. The van der Waals surface area contributed by atoms with E-state index in [4.69, 9.17) is 5.26 Å². The molecule has 0 radical (unpaired) electrons. The third-order valence-electron chi connectivity index (χ3n) is 3.52. The van der Waals surface area contributed by atoms with E-state index in [0.29, 0.717) is 0 Å². The zero-order chi connectivity index (χ0) is 12.3. The topological polar surface area (TPSA) is 27.0 Å². The predicted octanol–water partition coefficient (Wildman–Crippen LogP) is 3.38. The van der Waals surface area contributed by atoms with Gasteiger partial charge in [0, 0.05) is 18.8 Å². The van der Waals surface area contributed by atoms with Gasteiger partial charge < -0.3 is 4.90 Å². The van der Waals surface area contributed by atoms with Gasteiger partial charge in [0.2, 0.25) is 0 Å². The van der Waals surface area contributed by atoms with E-state index in [1.807, 2.05) is 13.8 Å². The minimum atomic E-state index is -0.216. The summed E-state index contributed by atoms with van der Waals surface area (Å²) in [4.78, 5) is 2.43. The van der Waals surface area contributed by atoms with Crippen LogP contribution in [0.4, 0.5) is 5.69 Å². The summed E-state index contributed by atoms with van der Waals surface area (Å²) in [5, 5.41) is 9.05. The first-order valence-corrected chi connectivity index (χ1v) is 6.36. The second kappa shape index (κ2) is 4.79. The molecule has 1 aromatic carbocycles. The second-order valence-electron chi connectivity index (χ2n) is 5.47. The number of rotatable bonds is 3. The number of anilines is 1. The van der Waals surface area contributed by atoms with Gasteiger partial charge in [-0.25, -0.2) is 0 Å². The molecular formula is C15H20N2. The molecule has 17 heavy (non-hydrogen) atoms. The number of nitrogens with zero attached hydrogens (tertiary/aromatic N) is 2. The molecule has 1 aliphatic heterocycles. The highest BCUT2D eigenvalue weighted by molar-refractivity contribution is 5.55. The lowest BCUT2D eigenvalue weighted by Gasteiger charge is -2.32. The summed E-state index contributed by atoms with van der Waals surface area (Å²) in [5.74, 6) is 0. The quantitative estimate of drug-likeness (QED) is 0.793. The molecule has 1 aliphatic rings. The molecule has 1 aromatic rings. The van der Waals surface area contributed by atoms with Crippen LogP contribution in [0.1, 0.15) is 32.3 Å². The average molecular weight is 228 g/mol. The minimum absolute atomic E-state index is 0.216. The Balaban J connectivity index is 2.07. The van der Waals surface area contributed by atoms with Gasteiger partial charge in [-0.2, -0.15) is 5.26 Å². The second-order valence-corrected chi connectivity index (χ2v) is 5.47. The molecule has 0 unspecified atom stereocenters. The molecule has 90 valence electrons. The van der Waals surface area contributed by atoms with Crippen LogP contribution in [0.2, 0.25) is 0 Å². The fourth-order valence-corrected chi connectivity index (χ4v) is 2.31. The van der Waals surface area contributed by atoms with Crippen LogP contribution in [0.3, 0.4) is 0 Å². The molecule has 1 heterocycles. The Hall–Kier alpha value is -1.49. The van der Waals surface area contributed by atoms with E-state index < -0.39 is 0 Å². The van der Waals surface area contributed by atoms with E-state index in [1.165, 1.54) is 24.1 Å². The first kappa shape index (κ1) is 12.0. The van der Waals surface area contributed by atoms with E-state index in [1.54, 1.807) is 0 Å². The molecule has 0 spiro atoms. The number of aryl methyl sites for hydroxylation is 1. The fraction of sp³-hybridized carbons (Fsp3) is 0.533. The van der Waals surface area contributed by atoms with Crippen molar-refractivity contribution in [1.82, 2.24) is 0 Å². The summed E-state index contributed by atoms with van der Waals surface area (Å²) >= 11 is 0. The lowest BCUT2D eigenvalue weighted by Crippen LogP contribution is -2.32. The van der Waals surface area contributed by atoms with Crippen molar-refractivity contribution < 1.29 is 0 Å². The molecular weight excluding hydrogens is 208 g/mol. The van der Waals surface area contributed by atoms with Crippen LogP contribution in [0.25, 0.3) is 0 Å². The molecule has 0 aliphatic carbocycles. The van der Waals surface area contributed by atoms with Gasteiger partial charge >= 0.3 is 0 Å². The third kappa shape index (κ3) is 2.79. The molecule has 0 aromatic heterocycles. The van der Waals surface area contributed by atoms with E-state index in [2.05, 4.69) is 35.2 Å². The number of fused-ring (bicyclic) bond motifs is 1. The maximum Gasteiger partial charge on any atom is 0.0684 e. The van der Waals surface area contributed by atoms with Gasteiger partial charge in [-0.15, -0.1) is 0 Å². The standard InChI is InChI=1S/C15H20N2/c1-15(2,12-16)9-11-17-10-5-7-13-6-3-4-8-14(13)17/h3-4,6,8H,5,7,9-11H2,1-2H3. The van der Waals surface area contributed by atoms with Gasteiger partial charge in [-0.1, -0.05) is 18.2 Å². The van der Waals surface area contributed by atoms with Crippen molar-refractivity contribution in [2.24, 2.45) is 5.41 Å². The molecule has 0 N–H and O–H groups in total. The van der Waals surface area contributed by atoms with Crippen LogP contribution >= 0.6 is 0 Å². The molecule has 0 bridgehead atoms. The van der Waals surface area contributed by atoms with Crippen molar-refractivity contribution in [1.29, 1.82) is 5.26 Å². The van der Waals surface area contributed by atoms with Gasteiger partial charge in [0.05, 0.1) is 11.5 Å². The van der Waals surface area contributed by atoms with Crippen molar-refractivity contribution in [3.63, 3.8) is 0 Å². The Kier molecular flexibility index (Phi) is 3.38. The summed E-state index contributed by atoms with van der Waals surface area (Å²) in [6.45, 7) is 6.14. The summed E-state index contributed by atoms with van der Waals surface area (Å²) in [5.41, 5.74) is 2.60. The first-order chi connectivity index (χ1) is 8.12. The van der Waals surface area contributed by atoms with Crippen LogP contribution in [0.15, 0.2) is 24.3 Å². The molecule has 0 saturated carbocycles. The van der Waals surface area contributed by atoms with Gasteiger partial charge in [-0.05, 0) is 44.7 Å². The monoisotopic (exact) mass is 228 g/mol. The van der Waals surface area contributed by atoms with Crippen molar-refractivity contribution in [3.8, 4) is 6.07 Å². The highest BCUT2D eigenvalue weighted by Gasteiger charge is 2.21. The number of hydrogen-bond acceptors (Lipinski definition) is 2. The predicted molar refractivity (Wildman–Crippen MR) is 71.0 cm³/mol. The SMILES string of the molecule is CC(C)(C#N)CCN1CCCc2ccccc21. The maximum atomic E-state index is 9.05. The Morgan fingerprint density at radius 3 is 2.88 bits per heavy atom. The molecule has 0 fully saturated rings. The van der Waals surface area contributed by atoms with Gasteiger partial charge in [0.15, 0.2) is 0 Å². The summed E-state index contributed by atoms with van der Waals surface area (Å²) in [7, 11) is 0. The summed E-state index contributed by atoms with van der Waals surface area (Å²) < 4.78 is 0. The molecule has 2 heteroatoms. The smallest absolute Gasteiger partial charge is 0.0684 e. The van der Waals surface area contributed by atoms with Crippen LogP contribution in [-0.4, -0.2) is 13.1 Å². The lowest BCUT2D eigenvalue weighted by molar-refractivity contribution is 0.447. The van der Waals surface area contributed by atoms with E-state index in [-0.39, 0.29) is 5.41 Å². The molecule has 0 atom stereocenters. The minimum Gasteiger partial charge on any atom is -0.371 e. The van der Waals surface area contributed by atoms with Crippen molar-refractivity contribution in [2.75, 3.05) is 18.0 Å². The number of para-hydroxylation sites is 1. The highest BCUT2D eigenvalue weighted by atomic mass is 15.1. The van der Waals surface area contributed by atoms with Crippen LogP contribution in [0, 0.1) is 16.7 Å². The Morgan fingerprint density at radius 1 is 1.35 bits per heavy atom. The number of benzene rings is 1. The maximum absolute atomic E-state index is 9.05. The molecule has 0 amide bonds. The number of hydrogen-bond donors (Lipinski definition) is 0. The summed E-state index contributed by atoms with van der Waals surface area (Å²) in [6, 6.07) is 11.0. The van der Waals surface area contributed by atoms with Crippen molar-refractivity contribution >= 4 is 5.69 Å². The van der Waals surface area contributed by atoms with Crippen molar-refractivity contribution in [3.05, 3.63) is 29.8 Å². The first-order valence-electron chi connectivity index (χ1n) is 6.36. The largest absolute Gasteiger partial charge is 0.371 e. The van der Waals surface area contributed by atoms with Crippen LogP contribution in [0.5, 0.6) is 0 Å². The normalized spacial score (nSPS) is 15.2. The Bertz CT molecular complexity index is 429. The third-order valence-corrected chi connectivity index (χ3v) is 3.52. The lowest BCUT2D eigenvalue weighted by atomic mass is 9.90. The van der Waals surface area contributed by atoms with E-state index >= 15 is 0 Å². The fourth-order valence-electron chi connectivity index (χ4n) is 2.31. The Morgan fingerprint density at radius 2 is 2.12 bits per heavy atom. The van der Waals surface area contributed by atoms with Crippen LogP contribution < -0.4 is 4.90 Å². The summed E-state index contributed by atoms with van der Waals surface area (Å²) in [6.07, 6.45) is 3.34. The molecule has 2 rings (SSSR count). The van der Waals surface area contributed by atoms with Gasteiger partial charge in [0.1, 0.15) is 0 Å². The van der Waals surface area contributed by atoms with E-state index in [9.17, 15) is 0 Å².